The quantitative estimate of drug-likeness (QED) is 0.849. The lowest BCUT2D eigenvalue weighted by molar-refractivity contribution is 0.294. The van der Waals surface area contributed by atoms with Gasteiger partial charge in [0.15, 0.2) is 0 Å². The molecule has 5 heteroatoms. The summed E-state index contributed by atoms with van der Waals surface area (Å²) in [5, 5.41) is 4.28. The Morgan fingerprint density at radius 3 is 2.81 bits per heavy atom. The summed E-state index contributed by atoms with van der Waals surface area (Å²) in [7, 11) is 1.73. The van der Waals surface area contributed by atoms with Gasteiger partial charge in [-0.3, -0.25) is 9.58 Å². The highest BCUT2D eigenvalue weighted by atomic mass is 32.2. The second kappa shape index (κ2) is 7.00. The van der Waals surface area contributed by atoms with Crippen molar-refractivity contribution in [2.75, 3.05) is 31.7 Å². The third-order valence-corrected chi connectivity index (χ3v) is 4.69. The first-order valence-corrected chi connectivity index (χ1v) is 8.44. The maximum Gasteiger partial charge on any atom is 0.123 e. The standard InChI is InChI=1S/C16H21N3OS/c1-20-16-4-3-14(12-18-7-9-21-10-8-18)11-15(16)13-19-6-2-5-17-19/h2-6,11H,7-10,12-13H2,1H3. The molecule has 1 saturated heterocycles. The van der Waals surface area contributed by atoms with Crippen LogP contribution in [0.4, 0.5) is 0 Å². The maximum atomic E-state index is 5.48. The molecular weight excluding hydrogens is 282 g/mol. The highest BCUT2D eigenvalue weighted by Gasteiger charge is 2.12. The minimum absolute atomic E-state index is 0.750. The van der Waals surface area contributed by atoms with Crippen LogP contribution in [0.15, 0.2) is 36.7 Å². The fourth-order valence-corrected chi connectivity index (χ4v) is 3.62. The van der Waals surface area contributed by atoms with E-state index in [1.165, 1.54) is 35.7 Å². The van der Waals surface area contributed by atoms with E-state index in [1.54, 1.807) is 7.11 Å². The lowest BCUT2D eigenvalue weighted by atomic mass is 10.1. The van der Waals surface area contributed by atoms with Crippen molar-refractivity contribution >= 4 is 11.8 Å². The molecule has 21 heavy (non-hydrogen) atoms. The molecular formula is C16H21N3OS. The molecule has 1 fully saturated rings. The largest absolute Gasteiger partial charge is 0.496 e. The zero-order valence-electron chi connectivity index (χ0n) is 12.4. The van der Waals surface area contributed by atoms with Crippen molar-refractivity contribution in [2.45, 2.75) is 13.1 Å². The summed E-state index contributed by atoms with van der Waals surface area (Å²) < 4.78 is 7.41. The van der Waals surface area contributed by atoms with E-state index in [2.05, 4.69) is 28.2 Å². The summed E-state index contributed by atoms with van der Waals surface area (Å²) >= 11 is 2.05. The topological polar surface area (TPSA) is 30.3 Å². The smallest absolute Gasteiger partial charge is 0.123 e. The van der Waals surface area contributed by atoms with Crippen LogP contribution in [0.1, 0.15) is 11.1 Å². The van der Waals surface area contributed by atoms with E-state index in [9.17, 15) is 0 Å². The van der Waals surface area contributed by atoms with E-state index in [0.717, 1.165) is 18.8 Å². The fraction of sp³-hybridized carbons (Fsp3) is 0.438. The number of hydrogen-bond donors (Lipinski definition) is 0. The number of benzene rings is 1. The van der Waals surface area contributed by atoms with Crippen LogP contribution in [0.2, 0.25) is 0 Å². The molecule has 2 heterocycles. The van der Waals surface area contributed by atoms with Crippen molar-refractivity contribution < 1.29 is 4.74 Å². The predicted molar refractivity (Wildman–Crippen MR) is 86.9 cm³/mol. The molecule has 0 N–H and O–H groups in total. The van der Waals surface area contributed by atoms with Crippen LogP contribution in [0, 0.1) is 0 Å². The first-order chi connectivity index (χ1) is 10.3. The summed E-state index contributed by atoms with van der Waals surface area (Å²) in [5.74, 6) is 3.43. The lowest BCUT2D eigenvalue weighted by Gasteiger charge is -2.26. The second-order valence-electron chi connectivity index (χ2n) is 5.24. The molecule has 1 aliphatic heterocycles. The third-order valence-electron chi connectivity index (χ3n) is 3.75. The zero-order chi connectivity index (χ0) is 14.5. The van der Waals surface area contributed by atoms with E-state index in [4.69, 9.17) is 4.74 Å². The van der Waals surface area contributed by atoms with Crippen molar-refractivity contribution in [1.29, 1.82) is 0 Å². The zero-order valence-corrected chi connectivity index (χ0v) is 13.2. The van der Waals surface area contributed by atoms with Gasteiger partial charge in [-0.1, -0.05) is 6.07 Å². The van der Waals surface area contributed by atoms with Gasteiger partial charge in [-0.05, 0) is 23.8 Å². The first-order valence-electron chi connectivity index (χ1n) is 7.28. The number of nitrogens with zero attached hydrogens (tertiary/aromatic N) is 3. The van der Waals surface area contributed by atoms with Gasteiger partial charge in [-0.15, -0.1) is 0 Å². The van der Waals surface area contributed by atoms with Crippen LogP contribution in [-0.2, 0) is 13.1 Å². The molecule has 0 aliphatic carbocycles. The first kappa shape index (κ1) is 14.5. The Bertz CT molecular complexity index is 565. The highest BCUT2D eigenvalue weighted by molar-refractivity contribution is 7.99. The van der Waals surface area contributed by atoms with Gasteiger partial charge >= 0.3 is 0 Å². The monoisotopic (exact) mass is 303 g/mol. The van der Waals surface area contributed by atoms with Gasteiger partial charge in [-0.2, -0.15) is 16.9 Å². The Morgan fingerprint density at radius 1 is 1.24 bits per heavy atom. The Balaban J connectivity index is 1.75. The van der Waals surface area contributed by atoms with Gasteiger partial charge in [0.1, 0.15) is 5.75 Å². The molecule has 0 radical (unpaired) electrons. The summed E-state index contributed by atoms with van der Waals surface area (Å²) in [5.41, 5.74) is 2.54. The van der Waals surface area contributed by atoms with Gasteiger partial charge in [0.25, 0.3) is 0 Å². The van der Waals surface area contributed by atoms with Crippen LogP contribution in [0.25, 0.3) is 0 Å². The number of thioether (sulfide) groups is 1. The van der Waals surface area contributed by atoms with E-state index >= 15 is 0 Å². The summed E-state index contributed by atoms with van der Waals surface area (Å²) in [6.07, 6.45) is 3.79. The number of rotatable bonds is 5. The van der Waals surface area contributed by atoms with Crippen molar-refractivity contribution in [3.63, 3.8) is 0 Å². The van der Waals surface area contributed by atoms with Gasteiger partial charge in [0.2, 0.25) is 0 Å². The predicted octanol–water partition coefficient (Wildman–Crippen LogP) is 2.49. The SMILES string of the molecule is COc1ccc(CN2CCSCC2)cc1Cn1cccn1. The molecule has 1 aliphatic rings. The molecule has 0 saturated carbocycles. The number of ether oxygens (including phenoxy) is 1. The number of hydrogen-bond acceptors (Lipinski definition) is 4. The average Bonchev–Trinajstić information content (AvgIpc) is 3.02. The average molecular weight is 303 g/mol. The van der Waals surface area contributed by atoms with Gasteiger partial charge in [-0.25, -0.2) is 0 Å². The molecule has 0 amide bonds. The molecule has 2 aromatic rings. The third kappa shape index (κ3) is 3.80. The van der Waals surface area contributed by atoms with Crippen molar-refractivity contribution in [3.05, 3.63) is 47.8 Å². The van der Waals surface area contributed by atoms with Crippen LogP contribution in [0.5, 0.6) is 5.75 Å². The van der Waals surface area contributed by atoms with Gasteiger partial charge in [0.05, 0.1) is 13.7 Å². The summed E-state index contributed by atoms with van der Waals surface area (Å²) in [6, 6.07) is 8.45. The highest BCUT2D eigenvalue weighted by Crippen LogP contribution is 2.22. The molecule has 0 unspecified atom stereocenters. The van der Waals surface area contributed by atoms with Crippen molar-refractivity contribution in [1.82, 2.24) is 14.7 Å². The van der Waals surface area contributed by atoms with Crippen LogP contribution >= 0.6 is 11.8 Å². The normalized spacial score (nSPS) is 16.0. The molecule has 0 spiro atoms. The lowest BCUT2D eigenvalue weighted by Crippen LogP contribution is -2.31. The second-order valence-corrected chi connectivity index (χ2v) is 6.46. The van der Waals surface area contributed by atoms with Crippen LogP contribution < -0.4 is 4.74 Å². The number of aromatic nitrogens is 2. The summed E-state index contributed by atoms with van der Waals surface area (Å²) in [6.45, 7) is 4.15. The molecule has 112 valence electrons. The van der Waals surface area contributed by atoms with Crippen molar-refractivity contribution in [2.24, 2.45) is 0 Å². The van der Waals surface area contributed by atoms with Gasteiger partial charge < -0.3 is 4.74 Å². The Morgan fingerprint density at radius 2 is 2.10 bits per heavy atom. The van der Waals surface area contributed by atoms with Gasteiger partial charge in [0, 0.05) is 49.1 Å². The maximum absolute atomic E-state index is 5.48. The molecule has 0 atom stereocenters. The fourth-order valence-electron chi connectivity index (χ4n) is 2.64. The Hall–Kier alpha value is -1.46. The molecule has 1 aromatic carbocycles. The Labute approximate surface area is 130 Å². The van der Waals surface area contributed by atoms with Crippen LogP contribution in [-0.4, -0.2) is 46.4 Å². The minimum Gasteiger partial charge on any atom is -0.496 e. The van der Waals surface area contributed by atoms with E-state index in [0.29, 0.717) is 0 Å². The van der Waals surface area contributed by atoms with Crippen molar-refractivity contribution in [3.8, 4) is 5.75 Å². The number of methoxy groups -OCH3 is 1. The molecule has 0 bridgehead atoms. The van der Waals surface area contributed by atoms with Crippen LogP contribution in [0.3, 0.4) is 0 Å². The summed E-state index contributed by atoms with van der Waals surface area (Å²) in [4.78, 5) is 2.52. The van der Waals surface area contributed by atoms with E-state index < -0.39 is 0 Å². The Kier molecular flexibility index (Phi) is 4.83. The molecule has 4 nitrogen and oxygen atoms in total. The van der Waals surface area contributed by atoms with E-state index in [1.807, 2.05) is 34.9 Å². The molecule has 1 aromatic heterocycles. The van der Waals surface area contributed by atoms with E-state index in [-0.39, 0.29) is 0 Å². The minimum atomic E-state index is 0.750. The molecule has 3 rings (SSSR count).